The average molecular weight is 366 g/mol. The third-order valence-electron chi connectivity index (χ3n) is 5.21. The second-order valence-corrected chi connectivity index (χ2v) is 7.21. The molecule has 1 fully saturated rings. The Morgan fingerprint density at radius 1 is 1.37 bits per heavy atom. The number of amides is 1. The maximum Gasteiger partial charge on any atom is 0.241 e. The molecular weight excluding hydrogens is 340 g/mol. The van der Waals surface area contributed by atoms with E-state index in [1.165, 1.54) is 6.42 Å². The van der Waals surface area contributed by atoms with Gasteiger partial charge in [0, 0.05) is 37.3 Å². The predicted octanol–water partition coefficient (Wildman–Crippen LogP) is 1.89. The summed E-state index contributed by atoms with van der Waals surface area (Å²) in [7, 11) is 0. The van der Waals surface area contributed by atoms with Crippen molar-refractivity contribution in [2.24, 2.45) is 0 Å². The molecule has 0 aliphatic carbocycles. The Labute approximate surface area is 158 Å². The highest BCUT2D eigenvalue weighted by molar-refractivity contribution is 5.78. The molecule has 0 bridgehead atoms. The minimum absolute atomic E-state index is 0.0176. The van der Waals surface area contributed by atoms with Crippen LogP contribution in [0.1, 0.15) is 35.8 Å². The number of nitrogens with zero attached hydrogens (tertiary/aromatic N) is 3. The predicted molar refractivity (Wildman–Crippen MR) is 105 cm³/mol. The van der Waals surface area contributed by atoms with E-state index in [-0.39, 0.29) is 12.5 Å². The number of aromatic nitrogens is 4. The molecule has 1 aromatic carbocycles. The number of para-hydroxylation sites is 1. The first-order chi connectivity index (χ1) is 13.2. The highest BCUT2D eigenvalue weighted by atomic mass is 16.2. The van der Waals surface area contributed by atoms with Crippen molar-refractivity contribution in [3.8, 4) is 0 Å². The summed E-state index contributed by atoms with van der Waals surface area (Å²) in [5.74, 6) is 1.32. The van der Waals surface area contributed by atoms with Crippen molar-refractivity contribution < 1.29 is 4.79 Å². The largest absolute Gasteiger partial charge is 0.354 e. The fourth-order valence-corrected chi connectivity index (χ4v) is 3.78. The van der Waals surface area contributed by atoms with Crippen molar-refractivity contribution in [3.05, 3.63) is 47.5 Å². The van der Waals surface area contributed by atoms with Crippen molar-refractivity contribution in [2.75, 3.05) is 19.6 Å². The van der Waals surface area contributed by atoms with Gasteiger partial charge in [-0.05, 0) is 44.0 Å². The summed E-state index contributed by atoms with van der Waals surface area (Å²) in [5, 5.41) is 10.7. The van der Waals surface area contributed by atoms with Gasteiger partial charge in [0.25, 0.3) is 0 Å². The number of piperidine rings is 1. The van der Waals surface area contributed by atoms with E-state index < -0.39 is 0 Å². The Balaban J connectivity index is 1.31. The molecule has 3 heterocycles. The molecule has 1 aliphatic rings. The van der Waals surface area contributed by atoms with Gasteiger partial charge in [0.05, 0.1) is 11.0 Å². The van der Waals surface area contributed by atoms with Gasteiger partial charge in [-0.15, -0.1) is 0 Å². The monoisotopic (exact) mass is 366 g/mol. The lowest BCUT2D eigenvalue weighted by atomic mass is 9.96. The van der Waals surface area contributed by atoms with E-state index in [4.69, 9.17) is 0 Å². The molecule has 2 aromatic heterocycles. The Hall–Kier alpha value is -2.67. The van der Waals surface area contributed by atoms with Gasteiger partial charge >= 0.3 is 0 Å². The maximum atomic E-state index is 12.3. The van der Waals surface area contributed by atoms with Crippen LogP contribution in [0.3, 0.4) is 0 Å². The SMILES string of the molecule is Cc1cccc2[nH]c(CCNC(=O)Cn3nccc3[C@@H]3CCCNC3)nc12. The van der Waals surface area contributed by atoms with Crippen molar-refractivity contribution in [1.82, 2.24) is 30.4 Å². The van der Waals surface area contributed by atoms with Gasteiger partial charge < -0.3 is 15.6 Å². The molecule has 0 saturated carbocycles. The topological polar surface area (TPSA) is 87.6 Å². The van der Waals surface area contributed by atoms with Crippen LogP contribution in [0.25, 0.3) is 11.0 Å². The van der Waals surface area contributed by atoms with Crippen LogP contribution in [0.15, 0.2) is 30.5 Å². The minimum atomic E-state index is -0.0176. The molecule has 7 nitrogen and oxygen atoms in total. The first kappa shape index (κ1) is 17.7. The lowest BCUT2D eigenvalue weighted by Crippen LogP contribution is -2.33. The first-order valence-corrected chi connectivity index (χ1v) is 9.64. The van der Waals surface area contributed by atoms with Crippen LogP contribution >= 0.6 is 0 Å². The van der Waals surface area contributed by atoms with Gasteiger partial charge in [-0.1, -0.05) is 12.1 Å². The third-order valence-corrected chi connectivity index (χ3v) is 5.21. The fourth-order valence-electron chi connectivity index (χ4n) is 3.78. The maximum absolute atomic E-state index is 12.3. The van der Waals surface area contributed by atoms with Gasteiger partial charge in [0.2, 0.25) is 5.91 Å². The Bertz CT molecular complexity index is 922. The average Bonchev–Trinajstić information content (AvgIpc) is 3.30. The number of fused-ring (bicyclic) bond motifs is 1. The number of rotatable bonds is 6. The van der Waals surface area contributed by atoms with Crippen LogP contribution in [-0.2, 0) is 17.8 Å². The molecule has 3 aromatic rings. The van der Waals surface area contributed by atoms with Crippen molar-refractivity contribution >= 4 is 16.9 Å². The third kappa shape index (κ3) is 4.03. The summed E-state index contributed by atoms with van der Waals surface area (Å²) >= 11 is 0. The Morgan fingerprint density at radius 3 is 3.11 bits per heavy atom. The number of nitrogens with one attached hydrogen (secondary N) is 3. The molecule has 7 heteroatoms. The molecule has 1 aliphatic heterocycles. The van der Waals surface area contributed by atoms with Gasteiger partial charge in [-0.25, -0.2) is 4.98 Å². The second kappa shape index (κ2) is 7.92. The highest BCUT2D eigenvalue weighted by Gasteiger charge is 2.19. The number of carbonyl (C=O) groups is 1. The number of imidazole rings is 1. The summed E-state index contributed by atoms with van der Waals surface area (Å²) in [6.45, 7) is 4.90. The number of carbonyl (C=O) groups excluding carboxylic acids is 1. The highest BCUT2D eigenvalue weighted by Crippen LogP contribution is 2.22. The number of hydrogen-bond donors (Lipinski definition) is 3. The minimum Gasteiger partial charge on any atom is -0.354 e. The van der Waals surface area contributed by atoms with E-state index in [0.29, 0.717) is 18.9 Å². The van der Waals surface area contributed by atoms with Crippen molar-refractivity contribution in [1.29, 1.82) is 0 Å². The van der Waals surface area contributed by atoms with E-state index >= 15 is 0 Å². The molecule has 0 radical (unpaired) electrons. The fraction of sp³-hybridized carbons (Fsp3) is 0.450. The van der Waals surface area contributed by atoms with Crippen LogP contribution in [0, 0.1) is 6.92 Å². The van der Waals surface area contributed by atoms with Gasteiger partial charge in [0.1, 0.15) is 12.4 Å². The quantitative estimate of drug-likeness (QED) is 0.622. The van der Waals surface area contributed by atoms with E-state index in [9.17, 15) is 4.79 Å². The lowest BCUT2D eigenvalue weighted by Gasteiger charge is -2.23. The van der Waals surface area contributed by atoms with Crippen LogP contribution in [0.2, 0.25) is 0 Å². The molecule has 1 atom stereocenters. The summed E-state index contributed by atoms with van der Waals surface area (Å²) < 4.78 is 1.83. The van der Waals surface area contributed by atoms with E-state index in [1.54, 1.807) is 6.20 Å². The summed E-state index contributed by atoms with van der Waals surface area (Å²) in [6, 6.07) is 8.13. The summed E-state index contributed by atoms with van der Waals surface area (Å²) in [4.78, 5) is 20.3. The van der Waals surface area contributed by atoms with Crippen LogP contribution in [0.5, 0.6) is 0 Å². The number of aromatic amines is 1. The molecule has 1 amide bonds. The zero-order valence-corrected chi connectivity index (χ0v) is 15.7. The van der Waals surface area contributed by atoms with Crippen molar-refractivity contribution in [3.63, 3.8) is 0 Å². The molecular formula is C20H26N6O. The molecule has 142 valence electrons. The van der Waals surface area contributed by atoms with Gasteiger partial charge in [0.15, 0.2) is 0 Å². The van der Waals surface area contributed by atoms with Crippen LogP contribution in [0.4, 0.5) is 0 Å². The van der Waals surface area contributed by atoms with Crippen molar-refractivity contribution in [2.45, 2.75) is 38.6 Å². The Morgan fingerprint density at radius 2 is 2.30 bits per heavy atom. The number of hydrogen-bond acceptors (Lipinski definition) is 4. The molecule has 0 spiro atoms. The molecule has 27 heavy (non-hydrogen) atoms. The molecule has 1 saturated heterocycles. The van der Waals surface area contributed by atoms with E-state index in [1.807, 2.05) is 22.9 Å². The number of aryl methyl sites for hydroxylation is 1. The molecule has 3 N–H and O–H groups in total. The zero-order chi connectivity index (χ0) is 18.6. The Kier molecular flexibility index (Phi) is 5.20. The zero-order valence-electron chi connectivity index (χ0n) is 15.7. The standard InChI is InChI=1S/C20H26N6O/c1-14-4-2-6-16-20(14)25-18(24-16)8-10-22-19(27)13-26-17(7-11-23-26)15-5-3-9-21-12-15/h2,4,6-7,11,15,21H,3,5,8-10,12-13H2,1H3,(H,22,27)(H,24,25)/t15-/m1/s1. The normalized spacial score (nSPS) is 17.3. The van der Waals surface area contributed by atoms with Crippen LogP contribution < -0.4 is 10.6 Å². The first-order valence-electron chi connectivity index (χ1n) is 9.64. The smallest absolute Gasteiger partial charge is 0.241 e. The van der Waals surface area contributed by atoms with E-state index in [0.717, 1.165) is 47.6 Å². The van der Waals surface area contributed by atoms with Crippen LogP contribution in [-0.4, -0.2) is 45.3 Å². The number of benzene rings is 1. The summed E-state index contributed by atoms with van der Waals surface area (Å²) in [6.07, 6.45) is 4.77. The van der Waals surface area contributed by atoms with Gasteiger partial charge in [-0.2, -0.15) is 5.10 Å². The molecule has 4 rings (SSSR count). The second-order valence-electron chi connectivity index (χ2n) is 7.21. The molecule has 0 unspecified atom stereocenters. The van der Waals surface area contributed by atoms with E-state index in [2.05, 4.69) is 38.7 Å². The lowest BCUT2D eigenvalue weighted by molar-refractivity contribution is -0.121. The summed E-state index contributed by atoms with van der Waals surface area (Å²) in [5.41, 5.74) is 4.34. The van der Waals surface area contributed by atoms with Gasteiger partial charge in [-0.3, -0.25) is 9.48 Å². The number of H-pyrrole nitrogens is 1.